The Balaban J connectivity index is 0.00000156. The van der Waals surface area contributed by atoms with E-state index in [1.807, 2.05) is 9.47 Å². The number of hydrogen-bond donors (Lipinski definition) is 1. The third kappa shape index (κ3) is 2.62. The minimum atomic E-state index is -0.751. The summed E-state index contributed by atoms with van der Waals surface area (Å²) < 4.78 is 8.30. The molecule has 0 saturated carbocycles. The quantitative estimate of drug-likeness (QED) is 0.771. The Morgan fingerprint density at radius 3 is 2.87 bits per heavy atom. The van der Waals surface area contributed by atoms with Gasteiger partial charge in [0.05, 0.1) is 12.4 Å². The van der Waals surface area contributed by atoms with E-state index in [-0.39, 0.29) is 45.0 Å². The second-order valence-electron chi connectivity index (χ2n) is 6.26. The Morgan fingerprint density at radius 2 is 2.17 bits per heavy atom. The summed E-state index contributed by atoms with van der Waals surface area (Å²) in [5, 5.41) is 9.78. The van der Waals surface area contributed by atoms with E-state index in [4.69, 9.17) is 4.74 Å². The van der Waals surface area contributed by atoms with E-state index in [9.17, 15) is 5.11 Å². The molecule has 3 aliphatic rings. The van der Waals surface area contributed by atoms with Crippen LogP contribution in [0.4, 0.5) is 5.82 Å². The minimum absolute atomic E-state index is 0. The van der Waals surface area contributed by atoms with Crippen molar-refractivity contribution < 1.29 is 42.6 Å². The van der Waals surface area contributed by atoms with Crippen molar-refractivity contribution in [3.05, 3.63) is 12.0 Å². The molecular weight excluding hydrogens is 371 g/mol. The maximum absolute atomic E-state index is 9.78. The molecule has 5 unspecified atom stereocenters. The van der Waals surface area contributed by atoms with Gasteiger partial charge < -0.3 is 24.3 Å². The molecule has 0 bridgehead atoms. The van der Waals surface area contributed by atoms with Gasteiger partial charge in [0.1, 0.15) is 12.2 Å². The van der Waals surface area contributed by atoms with Gasteiger partial charge in [-0.3, -0.25) is 9.98 Å². The Bertz CT molecular complexity index is 658. The van der Waals surface area contributed by atoms with Gasteiger partial charge in [-0.2, -0.15) is 0 Å². The van der Waals surface area contributed by atoms with Crippen LogP contribution in [0.1, 0.15) is 39.1 Å². The zero-order valence-electron chi connectivity index (χ0n) is 13.5. The summed E-state index contributed by atoms with van der Waals surface area (Å²) in [6, 6.07) is 0. The number of guanidine groups is 1. The first kappa shape index (κ1) is 17.2. The molecule has 1 radical (unpaired) electrons. The SMILES string of the molecule is CCC1OC(n2cnc3c2N2CC(O)N=C2N=[C-]3)C(C)C1C.[Y]. The number of fused-ring (bicyclic) bond motifs is 3. The molecule has 1 aromatic heterocycles. The first-order chi connectivity index (χ1) is 10.6. The zero-order chi connectivity index (χ0) is 15.4. The molecule has 1 fully saturated rings. The van der Waals surface area contributed by atoms with E-state index in [0.29, 0.717) is 30.0 Å². The van der Waals surface area contributed by atoms with E-state index < -0.39 is 6.23 Å². The van der Waals surface area contributed by atoms with Crippen LogP contribution in [-0.4, -0.2) is 45.7 Å². The van der Waals surface area contributed by atoms with Gasteiger partial charge >= 0.3 is 0 Å². The summed E-state index contributed by atoms with van der Waals surface area (Å²) in [7, 11) is 0. The number of hydrogen-bond acceptors (Lipinski definition) is 6. The second kappa shape index (κ2) is 6.35. The van der Waals surface area contributed by atoms with Crippen LogP contribution in [0.15, 0.2) is 16.3 Å². The molecule has 1 saturated heterocycles. The Kier molecular flexibility index (Phi) is 4.75. The van der Waals surface area contributed by atoms with Crippen molar-refractivity contribution >= 4 is 18.0 Å². The molecule has 0 aromatic carbocycles. The van der Waals surface area contributed by atoms with Crippen LogP contribution in [0.2, 0.25) is 0 Å². The third-order valence-electron chi connectivity index (χ3n) is 4.99. The predicted molar refractivity (Wildman–Crippen MR) is 82.1 cm³/mol. The summed E-state index contributed by atoms with van der Waals surface area (Å²) in [6.45, 7) is 7.00. The van der Waals surface area contributed by atoms with Crippen LogP contribution in [0.3, 0.4) is 0 Å². The number of nitrogens with zero attached hydrogens (tertiary/aromatic N) is 5. The third-order valence-corrected chi connectivity index (χ3v) is 4.99. The zero-order valence-corrected chi connectivity index (χ0v) is 16.4. The van der Waals surface area contributed by atoms with Crippen molar-refractivity contribution in [3.8, 4) is 0 Å². The van der Waals surface area contributed by atoms with E-state index in [1.54, 1.807) is 6.33 Å². The van der Waals surface area contributed by atoms with Gasteiger partial charge in [-0.25, -0.2) is 0 Å². The maximum atomic E-state index is 9.78. The number of anilines is 1. The van der Waals surface area contributed by atoms with Crippen LogP contribution in [0.5, 0.6) is 0 Å². The molecule has 121 valence electrons. The topological polar surface area (TPSA) is 75.2 Å². The Morgan fingerprint density at radius 1 is 1.39 bits per heavy atom. The van der Waals surface area contributed by atoms with E-state index >= 15 is 0 Å². The van der Waals surface area contributed by atoms with Gasteiger partial charge in [0.2, 0.25) is 0 Å². The monoisotopic (exact) mass is 391 g/mol. The standard InChI is InChI=1S/C15H20N5O2.Y/c1-4-11-8(2)9(3)14(22-11)20-7-17-10-5-16-15-18-12(21)6-19(15)13(10)20;/h7-9,11-12,14,21H,4,6H2,1-3H3;/q-1;. The Hall–Kier alpha value is -0.626. The maximum Gasteiger partial charge on any atom is 0.152 e. The molecule has 1 N–H and O–H groups in total. The van der Waals surface area contributed by atoms with E-state index in [2.05, 4.69) is 42.0 Å². The fraction of sp³-hybridized carbons (Fsp3) is 0.667. The summed E-state index contributed by atoms with van der Waals surface area (Å²) in [5.74, 6) is 2.24. The number of aliphatic hydroxyl groups is 1. The molecule has 3 aliphatic heterocycles. The van der Waals surface area contributed by atoms with Crippen LogP contribution in [0.25, 0.3) is 0 Å². The first-order valence-electron chi connectivity index (χ1n) is 7.82. The van der Waals surface area contributed by atoms with Crippen LogP contribution in [-0.2, 0) is 37.4 Å². The van der Waals surface area contributed by atoms with Crippen molar-refractivity contribution in [2.75, 3.05) is 11.4 Å². The molecule has 5 atom stereocenters. The Labute approximate surface area is 160 Å². The largest absolute Gasteiger partial charge is 0.397 e. The van der Waals surface area contributed by atoms with Crippen molar-refractivity contribution in [1.29, 1.82) is 0 Å². The van der Waals surface area contributed by atoms with Crippen LogP contribution in [0, 0.1) is 11.8 Å². The molecule has 23 heavy (non-hydrogen) atoms. The molecule has 0 amide bonds. The van der Waals surface area contributed by atoms with E-state index in [0.717, 1.165) is 12.2 Å². The van der Waals surface area contributed by atoms with Gasteiger partial charge in [-0.05, 0) is 18.6 Å². The molecular formula is C15H20N5O2Y-. The fourth-order valence-electron chi connectivity index (χ4n) is 3.56. The minimum Gasteiger partial charge on any atom is -0.397 e. The number of aliphatic imine (C=N–C) groups is 2. The van der Waals surface area contributed by atoms with Crippen molar-refractivity contribution in [3.63, 3.8) is 0 Å². The molecule has 8 heteroatoms. The van der Waals surface area contributed by atoms with Gasteiger partial charge in [-0.15, -0.1) is 0 Å². The number of imidazole rings is 1. The molecule has 4 heterocycles. The molecule has 0 spiro atoms. The van der Waals surface area contributed by atoms with Crippen molar-refractivity contribution in [2.45, 2.75) is 45.8 Å². The summed E-state index contributed by atoms with van der Waals surface area (Å²) in [6.07, 6.45) is 5.14. The fourth-order valence-corrected chi connectivity index (χ4v) is 3.56. The van der Waals surface area contributed by atoms with Gasteiger partial charge in [0.25, 0.3) is 0 Å². The smallest absolute Gasteiger partial charge is 0.152 e. The van der Waals surface area contributed by atoms with E-state index in [1.165, 1.54) is 0 Å². The van der Waals surface area contributed by atoms with Crippen molar-refractivity contribution in [1.82, 2.24) is 9.55 Å². The number of ether oxygens (including phenoxy) is 1. The predicted octanol–water partition coefficient (Wildman–Crippen LogP) is 1.26. The first-order valence-corrected chi connectivity index (χ1v) is 7.82. The summed E-state index contributed by atoms with van der Waals surface area (Å²) in [4.78, 5) is 14.5. The number of aliphatic hydroxyl groups excluding tert-OH is 1. The second-order valence-corrected chi connectivity index (χ2v) is 6.26. The molecule has 4 rings (SSSR count). The normalized spacial score (nSPS) is 34.9. The van der Waals surface area contributed by atoms with Crippen molar-refractivity contribution in [2.24, 2.45) is 21.8 Å². The van der Waals surface area contributed by atoms with Crippen LogP contribution < -0.4 is 4.90 Å². The molecule has 7 nitrogen and oxygen atoms in total. The summed E-state index contributed by atoms with van der Waals surface area (Å²) >= 11 is 0. The van der Waals surface area contributed by atoms with Gasteiger partial charge in [0, 0.05) is 56.7 Å². The average Bonchev–Trinajstić information content (AvgIpc) is 3.15. The van der Waals surface area contributed by atoms with Gasteiger partial charge in [0.15, 0.2) is 6.23 Å². The number of rotatable bonds is 2. The number of aromatic nitrogens is 2. The molecule has 1 aromatic rings. The average molecular weight is 391 g/mol. The molecule has 0 aliphatic carbocycles. The van der Waals surface area contributed by atoms with Crippen LogP contribution >= 0.6 is 0 Å². The summed E-state index contributed by atoms with van der Waals surface area (Å²) in [5.41, 5.74) is 0.677. The van der Waals surface area contributed by atoms with Gasteiger partial charge in [-0.1, -0.05) is 20.8 Å².